The lowest BCUT2D eigenvalue weighted by molar-refractivity contribution is 0.0663. The molecule has 5 nitrogen and oxygen atoms in total. The fourth-order valence-corrected chi connectivity index (χ4v) is 1.70. The molecule has 0 unspecified atom stereocenters. The summed E-state index contributed by atoms with van der Waals surface area (Å²) in [5.74, 6) is -0.0745. The van der Waals surface area contributed by atoms with E-state index in [0.29, 0.717) is 11.4 Å². The third-order valence-corrected chi connectivity index (χ3v) is 2.55. The predicted octanol–water partition coefficient (Wildman–Crippen LogP) is 1.80. The maximum atomic E-state index is 10.9. The van der Waals surface area contributed by atoms with E-state index in [1.807, 2.05) is 0 Å². The van der Waals surface area contributed by atoms with Gasteiger partial charge in [0.15, 0.2) is 0 Å². The van der Waals surface area contributed by atoms with Crippen LogP contribution in [-0.2, 0) is 0 Å². The summed E-state index contributed by atoms with van der Waals surface area (Å²) in [6.45, 7) is 0. The van der Waals surface area contributed by atoms with Crippen molar-refractivity contribution in [1.82, 2.24) is 9.97 Å². The van der Waals surface area contributed by atoms with Crippen LogP contribution >= 0.6 is 0 Å². The minimum Gasteiger partial charge on any atom is -0.475 e. The van der Waals surface area contributed by atoms with Crippen molar-refractivity contribution in [2.24, 2.45) is 0 Å². The van der Waals surface area contributed by atoms with E-state index in [2.05, 4.69) is 9.97 Å². The van der Waals surface area contributed by atoms with Crippen molar-refractivity contribution in [3.63, 3.8) is 0 Å². The fraction of sp³-hybridized carbons (Fsp3) is 0.300. The number of aromatic carboxylic acids is 1. The van der Waals surface area contributed by atoms with Crippen molar-refractivity contribution in [2.45, 2.75) is 18.8 Å². The van der Waals surface area contributed by atoms with E-state index in [0.717, 1.165) is 24.0 Å². The Morgan fingerprint density at radius 2 is 2.33 bits per heavy atom. The molecule has 2 heterocycles. The van der Waals surface area contributed by atoms with E-state index in [1.54, 1.807) is 6.20 Å². The van der Waals surface area contributed by atoms with Crippen LogP contribution in [0.5, 0.6) is 0 Å². The Hall–Kier alpha value is -1.91. The Kier molecular flexibility index (Phi) is 1.56. The van der Waals surface area contributed by atoms with Gasteiger partial charge >= 0.3 is 5.97 Å². The van der Waals surface area contributed by atoms with Crippen LogP contribution in [0.3, 0.4) is 0 Å². The van der Waals surface area contributed by atoms with Gasteiger partial charge in [-0.3, -0.25) is 0 Å². The molecule has 2 aromatic rings. The zero-order valence-corrected chi connectivity index (χ0v) is 7.80. The van der Waals surface area contributed by atoms with Crippen LogP contribution in [0.1, 0.15) is 35.1 Å². The molecule has 15 heavy (non-hydrogen) atoms. The number of carbonyl (C=O) groups is 1. The number of fused-ring (bicyclic) bond motifs is 1. The summed E-state index contributed by atoms with van der Waals surface area (Å²) >= 11 is 0. The lowest BCUT2D eigenvalue weighted by atomic mass is 10.2. The van der Waals surface area contributed by atoms with Gasteiger partial charge in [0.25, 0.3) is 0 Å². The van der Waals surface area contributed by atoms with E-state index >= 15 is 0 Å². The molecule has 1 N–H and O–H groups in total. The van der Waals surface area contributed by atoms with Crippen LogP contribution in [0.2, 0.25) is 0 Å². The zero-order chi connectivity index (χ0) is 10.4. The van der Waals surface area contributed by atoms with Crippen LogP contribution in [0.25, 0.3) is 10.9 Å². The zero-order valence-electron chi connectivity index (χ0n) is 7.80. The van der Waals surface area contributed by atoms with Gasteiger partial charge in [0.1, 0.15) is 17.6 Å². The third kappa shape index (κ3) is 1.20. The Labute approximate surface area is 84.8 Å². The molecule has 76 valence electrons. The number of carboxylic acid groups (broad SMARTS) is 1. The molecule has 1 aliphatic rings. The summed E-state index contributed by atoms with van der Waals surface area (Å²) in [4.78, 5) is 18.8. The summed E-state index contributed by atoms with van der Waals surface area (Å²) in [6, 6.07) is 0. The highest BCUT2D eigenvalue weighted by atomic mass is 16.4. The molecule has 0 radical (unpaired) electrons. The monoisotopic (exact) mass is 204 g/mol. The standard InChI is InChI=1S/C10H8N2O3/c13-10(14)9-7-6(3-11-4-12-7)8(15-9)5-1-2-5/h3-5H,1-2H2,(H,13,14). The van der Waals surface area contributed by atoms with E-state index in [-0.39, 0.29) is 5.76 Å². The van der Waals surface area contributed by atoms with Crippen molar-refractivity contribution in [3.05, 3.63) is 24.0 Å². The molecule has 0 spiro atoms. The van der Waals surface area contributed by atoms with Crippen LogP contribution in [0, 0.1) is 0 Å². The van der Waals surface area contributed by atoms with Gasteiger partial charge in [-0.05, 0) is 12.8 Å². The maximum Gasteiger partial charge on any atom is 0.374 e. The number of rotatable bonds is 2. The van der Waals surface area contributed by atoms with Crippen molar-refractivity contribution in [1.29, 1.82) is 0 Å². The van der Waals surface area contributed by atoms with Gasteiger partial charge in [0, 0.05) is 12.1 Å². The van der Waals surface area contributed by atoms with Gasteiger partial charge in [-0.25, -0.2) is 14.8 Å². The minimum atomic E-state index is -1.08. The van der Waals surface area contributed by atoms with Gasteiger partial charge < -0.3 is 9.52 Å². The summed E-state index contributed by atoms with van der Waals surface area (Å²) < 4.78 is 5.35. The molecule has 3 rings (SSSR count). The minimum absolute atomic E-state index is 0.0747. The highest BCUT2D eigenvalue weighted by Gasteiger charge is 2.32. The third-order valence-electron chi connectivity index (χ3n) is 2.55. The molecule has 1 saturated carbocycles. The first-order valence-electron chi connectivity index (χ1n) is 4.73. The fourth-order valence-electron chi connectivity index (χ4n) is 1.70. The van der Waals surface area contributed by atoms with Crippen molar-refractivity contribution < 1.29 is 14.3 Å². The highest BCUT2D eigenvalue weighted by Crippen LogP contribution is 2.44. The average Bonchev–Trinajstić information content (AvgIpc) is 2.99. The van der Waals surface area contributed by atoms with E-state index < -0.39 is 5.97 Å². The molecular weight excluding hydrogens is 196 g/mol. The topological polar surface area (TPSA) is 76.2 Å². The number of hydrogen-bond donors (Lipinski definition) is 1. The smallest absolute Gasteiger partial charge is 0.374 e. The van der Waals surface area contributed by atoms with Crippen LogP contribution in [0.4, 0.5) is 0 Å². The largest absolute Gasteiger partial charge is 0.475 e. The molecule has 0 amide bonds. The van der Waals surface area contributed by atoms with E-state index in [9.17, 15) is 4.79 Å². The number of furan rings is 1. The Balaban J connectivity index is 2.32. The summed E-state index contributed by atoms with van der Waals surface area (Å²) in [7, 11) is 0. The molecule has 0 bridgehead atoms. The summed E-state index contributed by atoms with van der Waals surface area (Å²) in [5.41, 5.74) is 0.402. The van der Waals surface area contributed by atoms with Gasteiger partial charge in [-0.15, -0.1) is 0 Å². The van der Waals surface area contributed by atoms with Gasteiger partial charge in [0.2, 0.25) is 5.76 Å². The second-order valence-electron chi connectivity index (χ2n) is 3.66. The molecule has 5 heteroatoms. The molecule has 1 fully saturated rings. The van der Waals surface area contributed by atoms with Crippen molar-refractivity contribution in [2.75, 3.05) is 0 Å². The average molecular weight is 204 g/mol. The lowest BCUT2D eigenvalue weighted by Gasteiger charge is -1.89. The van der Waals surface area contributed by atoms with E-state index in [1.165, 1.54) is 6.33 Å². The van der Waals surface area contributed by atoms with Gasteiger partial charge in [-0.1, -0.05) is 0 Å². The van der Waals surface area contributed by atoms with Gasteiger partial charge in [-0.2, -0.15) is 0 Å². The van der Waals surface area contributed by atoms with Crippen LogP contribution < -0.4 is 0 Å². The lowest BCUT2D eigenvalue weighted by Crippen LogP contribution is -1.94. The normalized spacial score (nSPS) is 15.7. The Morgan fingerprint density at radius 1 is 1.53 bits per heavy atom. The summed E-state index contributed by atoms with van der Waals surface area (Å²) in [5, 5.41) is 9.68. The number of carboxylic acids is 1. The molecule has 0 aromatic carbocycles. The van der Waals surface area contributed by atoms with Gasteiger partial charge in [0.05, 0.1) is 5.39 Å². The molecule has 0 saturated heterocycles. The van der Waals surface area contributed by atoms with Crippen LogP contribution in [-0.4, -0.2) is 21.0 Å². The molecule has 2 aromatic heterocycles. The summed E-state index contributed by atoms with van der Waals surface area (Å²) in [6.07, 6.45) is 5.06. The highest BCUT2D eigenvalue weighted by molar-refractivity contribution is 6.00. The van der Waals surface area contributed by atoms with Crippen molar-refractivity contribution in [3.8, 4) is 0 Å². The molecule has 1 aliphatic carbocycles. The number of aromatic nitrogens is 2. The maximum absolute atomic E-state index is 10.9. The second-order valence-corrected chi connectivity index (χ2v) is 3.66. The first-order chi connectivity index (χ1) is 7.27. The molecular formula is C10H8N2O3. The first kappa shape index (κ1) is 8.40. The quantitative estimate of drug-likeness (QED) is 0.807. The Bertz CT molecular complexity index is 543. The number of nitrogens with zero attached hydrogens (tertiary/aromatic N) is 2. The molecule has 0 aliphatic heterocycles. The first-order valence-corrected chi connectivity index (χ1v) is 4.73. The van der Waals surface area contributed by atoms with E-state index in [4.69, 9.17) is 9.52 Å². The van der Waals surface area contributed by atoms with Crippen molar-refractivity contribution >= 4 is 16.9 Å². The second kappa shape index (κ2) is 2.79. The predicted molar refractivity (Wildman–Crippen MR) is 50.7 cm³/mol. The Morgan fingerprint density at radius 3 is 3.00 bits per heavy atom. The molecule has 0 atom stereocenters. The number of hydrogen-bond acceptors (Lipinski definition) is 4. The SMILES string of the molecule is O=C(O)c1oc(C2CC2)c2cncnc12. The van der Waals surface area contributed by atoms with Crippen LogP contribution in [0.15, 0.2) is 16.9 Å².